The Morgan fingerprint density at radius 1 is 0.979 bits per heavy atom. The van der Waals surface area contributed by atoms with Gasteiger partial charge in [-0.15, -0.1) is 11.3 Å². The van der Waals surface area contributed by atoms with E-state index in [1.54, 1.807) is 25.2 Å². The van der Waals surface area contributed by atoms with Crippen LogP contribution in [0.15, 0.2) is 78.2 Å². The van der Waals surface area contributed by atoms with Crippen LogP contribution in [0.2, 0.25) is 0 Å². The van der Waals surface area contributed by atoms with E-state index in [4.69, 9.17) is 0 Å². The molecule has 47 heavy (non-hydrogen) atoms. The van der Waals surface area contributed by atoms with E-state index < -0.39 is 35.7 Å². The average molecular weight is 668 g/mol. The van der Waals surface area contributed by atoms with Gasteiger partial charge < -0.3 is 26.0 Å². The first-order chi connectivity index (χ1) is 22.3. The molecule has 0 aliphatic rings. The number of amides is 3. The molecule has 13 heteroatoms. The minimum absolute atomic E-state index is 0.00378. The largest absolute Gasteiger partial charge is 0.416 e. The number of benzene rings is 3. The highest BCUT2D eigenvalue weighted by Crippen LogP contribution is 2.32. The molecule has 1 heterocycles. The first kappa shape index (κ1) is 35.3. The first-order valence-corrected chi connectivity index (χ1v) is 15.7. The fourth-order valence-corrected chi connectivity index (χ4v) is 5.73. The molecule has 0 unspecified atom stereocenters. The third-order valence-electron chi connectivity index (χ3n) is 7.16. The molecule has 0 aliphatic heterocycles. The molecule has 2 atom stereocenters. The number of carbonyl (C=O) groups is 3. The summed E-state index contributed by atoms with van der Waals surface area (Å²) in [4.78, 5) is 43.9. The second-order valence-corrected chi connectivity index (χ2v) is 12.1. The van der Waals surface area contributed by atoms with Crippen molar-refractivity contribution in [3.63, 3.8) is 0 Å². The van der Waals surface area contributed by atoms with Gasteiger partial charge in [0.2, 0.25) is 5.91 Å². The van der Waals surface area contributed by atoms with Crippen molar-refractivity contribution in [3.8, 4) is 0 Å². The summed E-state index contributed by atoms with van der Waals surface area (Å²) in [5.74, 6) is -1.30. The van der Waals surface area contributed by atoms with Gasteiger partial charge in [0.1, 0.15) is 5.01 Å². The Hall–Kier alpha value is -4.59. The van der Waals surface area contributed by atoms with Crippen LogP contribution in [0.25, 0.3) is 0 Å². The molecule has 3 aromatic carbocycles. The normalized spacial score (nSPS) is 12.7. The van der Waals surface area contributed by atoms with Crippen LogP contribution in [-0.2, 0) is 30.5 Å². The number of thiazole rings is 1. The van der Waals surface area contributed by atoms with Crippen LogP contribution >= 0.6 is 11.3 Å². The van der Waals surface area contributed by atoms with E-state index in [9.17, 15) is 32.7 Å². The van der Waals surface area contributed by atoms with Gasteiger partial charge in [-0.05, 0) is 60.9 Å². The fourth-order valence-electron chi connectivity index (χ4n) is 4.91. The third kappa shape index (κ3) is 10.5. The molecule has 4 N–H and O–H groups in total. The Balaban J connectivity index is 1.45. The van der Waals surface area contributed by atoms with Crippen LogP contribution in [0.3, 0.4) is 0 Å². The smallest absolute Gasteiger partial charge is 0.390 e. The molecular formula is C34H36F3N5O4S. The number of aryl methyl sites for hydroxylation is 1. The number of carbonyl (C=O) groups excluding carboxylic acids is 3. The number of nitrogens with one attached hydrogen (secondary N) is 3. The summed E-state index contributed by atoms with van der Waals surface area (Å²) < 4.78 is 40.4. The Morgan fingerprint density at radius 2 is 1.70 bits per heavy atom. The third-order valence-corrected chi connectivity index (χ3v) is 8.11. The van der Waals surface area contributed by atoms with Gasteiger partial charge in [-0.3, -0.25) is 14.4 Å². The maximum absolute atomic E-state index is 13.5. The van der Waals surface area contributed by atoms with Crippen molar-refractivity contribution in [2.45, 2.75) is 51.7 Å². The zero-order valence-electron chi connectivity index (χ0n) is 26.1. The molecule has 4 rings (SSSR count). The number of aliphatic hydroxyl groups excluding tert-OH is 1. The lowest BCUT2D eigenvalue weighted by Gasteiger charge is -2.25. The summed E-state index contributed by atoms with van der Waals surface area (Å²) in [6, 6.07) is 18.0. The molecular weight excluding hydrogens is 631 g/mol. The number of rotatable bonds is 13. The fraction of sp³-hybridized carbons (Fsp3) is 0.294. The topological polar surface area (TPSA) is 124 Å². The number of hydrogen-bond donors (Lipinski definition) is 4. The number of aliphatic hydroxyl groups is 1. The molecule has 0 bridgehead atoms. The van der Waals surface area contributed by atoms with Gasteiger partial charge in [-0.2, -0.15) is 13.2 Å². The van der Waals surface area contributed by atoms with Crippen molar-refractivity contribution in [2.75, 3.05) is 18.9 Å². The minimum atomic E-state index is -4.62. The predicted octanol–water partition coefficient (Wildman–Crippen LogP) is 5.19. The van der Waals surface area contributed by atoms with Crippen LogP contribution in [0.1, 0.15) is 55.0 Å². The molecule has 0 saturated carbocycles. The Kier molecular flexibility index (Phi) is 11.9. The van der Waals surface area contributed by atoms with Gasteiger partial charge in [0.05, 0.1) is 24.3 Å². The summed E-state index contributed by atoms with van der Waals surface area (Å²) in [6.07, 6.45) is -5.50. The van der Waals surface area contributed by atoms with Crippen LogP contribution in [0.4, 0.5) is 18.9 Å². The summed E-state index contributed by atoms with van der Waals surface area (Å²) in [5.41, 5.74) is 1.59. The lowest BCUT2D eigenvalue weighted by molar-refractivity contribution is -0.137. The number of hydrogen-bond acceptors (Lipinski definition) is 7. The average Bonchev–Trinajstić information content (AvgIpc) is 3.44. The molecule has 248 valence electrons. The Morgan fingerprint density at radius 3 is 2.36 bits per heavy atom. The first-order valence-electron chi connectivity index (χ1n) is 14.8. The van der Waals surface area contributed by atoms with Gasteiger partial charge in [0, 0.05) is 54.9 Å². The van der Waals surface area contributed by atoms with E-state index in [1.165, 1.54) is 35.3 Å². The van der Waals surface area contributed by atoms with Crippen LogP contribution in [-0.4, -0.2) is 58.5 Å². The highest BCUT2D eigenvalue weighted by Gasteiger charge is 2.31. The van der Waals surface area contributed by atoms with E-state index in [-0.39, 0.29) is 42.2 Å². The van der Waals surface area contributed by atoms with Crippen molar-refractivity contribution < 1.29 is 32.7 Å². The van der Waals surface area contributed by atoms with Crippen molar-refractivity contribution in [2.24, 2.45) is 0 Å². The summed E-state index contributed by atoms with van der Waals surface area (Å²) >= 11 is 1.46. The van der Waals surface area contributed by atoms with Crippen LogP contribution < -0.4 is 16.0 Å². The molecule has 0 fully saturated rings. The van der Waals surface area contributed by atoms with Gasteiger partial charge in [-0.25, -0.2) is 4.98 Å². The lowest BCUT2D eigenvalue weighted by atomic mass is 10.00. The molecule has 0 spiro atoms. The monoisotopic (exact) mass is 667 g/mol. The predicted molar refractivity (Wildman–Crippen MR) is 174 cm³/mol. The number of halogens is 3. The molecule has 1 aromatic heterocycles. The maximum atomic E-state index is 13.5. The lowest BCUT2D eigenvalue weighted by Crippen LogP contribution is -2.48. The number of anilines is 1. The molecule has 4 aromatic rings. The molecule has 0 aliphatic carbocycles. The second-order valence-electron chi connectivity index (χ2n) is 11.2. The van der Waals surface area contributed by atoms with Gasteiger partial charge in [0.15, 0.2) is 0 Å². The Labute approximate surface area is 274 Å². The minimum Gasteiger partial charge on any atom is -0.390 e. The van der Waals surface area contributed by atoms with Crippen molar-refractivity contribution in [3.05, 3.63) is 117 Å². The number of aromatic nitrogens is 1. The molecule has 3 amide bonds. The van der Waals surface area contributed by atoms with E-state index in [1.807, 2.05) is 42.6 Å². The van der Waals surface area contributed by atoms with E-state index in [2.05, 4.69) is 20.9 Å². The molecule has 0 saturated heterocycles. The molecule has 0 radical (unpaired) electrons. The maximum Gasteiger partial charge on any atom is 0.416 e. The van der Waals surface area contributed by atoms with E-state index in [0.29, 0.717) is 12.1 Å². The summed E-state index contributed by atoms with van der Waals surface area (Å²) in [5, 5.41) is 22.1. The summed E-state index contributed by atoms with van der Waals surface area (Å²) in [6.45, 7) is 3.29. The standard InChI is InChI=1S/C34H36F3N5O4S/c1-21-20-47-31(39-21)19-42(3)33(46)26-11-7-10-25(15-26)32(45)41-29(14-23-8-5-4-6-9-23)30(44)18-38-17-24-12-27(34(35,36)37)16-28(13-24)40-22(2)43/h4-13,15-16,20,29-30,38,44H,14,17-19H2,1-3H3,(H,40,43)(H,41,45)/t29-,30+/m0/s1. The summed E-state index contributed by atoms with van der Waals surface area (Å²) in [7, 11) is 1.66. The van der Waals surface area contributed by atoms with Gasteiger partial charge in [-0.1, -0.05) is 36.4 Å². The molecule has 9 nitrogen and oxygen atoms in total. The zero-order chi connectivity index (χ0) is 34.1. The van der Waals surface area contributed by atoms with Gasteiger partial charge in [0.25, 0.3) is 11.8 Å². The SMILES string of the molecule is CC(=O)Nc1cc(CNC[C@@H](O)[C@H](Cc2ccccc2)NC(=O)c2cccc(C(=O)N(C)Cc3nc(C)cs3)c2)cc(C(F)(F)F)c1. The second kappa shape index (κ2) is 15.8. The quantitative estimate of drug-likeness (QED) is 0.156. The Bertz CT molecular complexity index is 1700. The van der Waals surface area contributed by atoms with E-state index in [0.717, 1.165) is 28.4 Å². The number of alkyl halides is 3. The van der Waals surface area contributed by atoms with Crippen molar-refractivity contribution in [1.82, 2.24) is 20.5 Å². The van der Waals surface area contributed by atoms with Crippen LogP contribution in [0, 0.1) is 6.92 Å². The highest BCUT2D eigenvalue weighted by molar-refractivity contribution is 7.09. The van der Waals surface area contributed by atoms with Crippen LogP contribution in [0.5, 0.6) is 0 Å². The zero-order valence-corrected chi connectivity index (χ0v) is 26.9. The number of nitrogens with zero attached hydrogens (tertiary/aromatic N) is 2. The van der Waals surface area contributed by atoms with Gasteiger partial charge >= 0.3 is 6.18 Å². The van der Waals surface area contributed by atoms with Crippen molar-refractivity contribution >= 4 is 34.7 Å². The van der Waals surface area contributed by atoms with E-state index >= 15 is 0 Å². The highest BCUT2D eigenvalue weighted by atomic mass is 32.1. The van der Waals surface area contributed by atoms with Crippen molar-refractivity contribution in [1.29, 1.82) is 0 Å².